The zero-order chi connectivity index (χ0) is 13.3. The molecule has 3 nitrogen and oxygen atoms in total. The minimum Gasteiger partial charge on any atom is -0.319 e. The molecule has 1 aromatic heterocycles. The summed E-state index contributed by atoms with van der Waals surface area (Å²) in [6.07, 6.45) is 1.81. The molecule has 0 fully saturated rings. The van der Waals surface area contributed by atoms with E-state index in [9.17, 15) is 0 Å². The van der Waals surface area contributed by atoms with Gasteiger partial charge in [0.15, 0.2) is 0 Å². The summed E-state index contributed by atoms with van der Waals surface area (Å²) in [5.74, 6) is 0. The number of hydrogen-bond donors (Lipinski definition) is 1. The molecular weight excluding hydrogens is 290 g/mol. The Morgan fingerprint density at radius 2 is 1.89 bits per heavy atom. The van der Waals surface area contributed by atoms with Crippen molar-refractivity contribution in [1.82, 2.24) is 9.78 Å². The van der Waals surface area contributed by atoms with Crippen LogP contribution in [0.5, 0.6) is 0 Å². The van der Waals surface area contributed by atoms with E-state index in [4.69, 9.17) is 5.73 Å². The van der Waals surface area contributed by atoms with Crippen LogP contribution in [0.4, 0.5) is 0 Å². The van der Waals surface area contributed by atoms with Gasteiger partial charge >= 0.3 is 0 Å². The van der Waals surface area contributed by atoms with E-state index in [1.54, 1.807) is 6.20 Å². The van der Waals surface area contributed by atoms with Gasteiger partial charge < -0.3 is 5.73 Å². The smallest absolute Gasteiger partial charge is 0.0738 e. The van der Waals surface area contributed by atoms with Crippen LogP contribution < -0.4 is 5.73 Å². The van der Waals surface area contributed by atoms with Crippen LogP contribution in [-0.2, 0) is 6.54 Å². The van der Waals surface area contributed by atoms with Crippen molar-refractivity contribution < 1.29 is 0 Å². The fourth-order valence-electron chi connectivity index (χ4n) is 2.28. The fourth-order valence-corrected chi connectivity index (χ4v) is 2.82. The van der Waals surface area contributed by atoms with Gasteiger partial charge in [0, 0.05) is 6.54 Å². The fraction of sp³-hybridized carbons (Fsp3) is 0.357. The van der Waals surface area contributed by atoms with E-state index in [0.29, 0.717) is 0 Å². The van der Waals surface area contributed by atoms with Gasteiger partial charge in [-0.25, -0.2) is 0 Å². The van der Waals surface area contributed by atoms with Crippen LogP contribution >= 0.6 is 15.9 Å². The normalized spacial score (nSPS) is 12.7. The van der Waals surface area contributed by atoms with E-state index in [1.165, 1.54) is 11.1 Å². The Kier molecular flexibility index (Phi) is 3.88. The van der Waals surface area contributed by atoms with Crippen molar-refractivity contribution >= 4 is 15.9 Å². The summed E-state index contributed by atoms with van der Waals surface area (Å²) in [5.41, 5.74) is 11.0. The molecule has 4 heteroatoms. The second-order valence-electron chi connectivity index (χ2n) is 4.59. The van der Waals surface area contributed by atoms with Crippen LogP contribution in [0.15, 0.2) is 28.9 Å². The molecule has 0 aliphatic carbocycles. The molecule has 18 heavy (non-hydrogen) atoms. The monoisotopic (exact) mass is 307 g/mol. The summed E-state index contributed by atoms with van der Waals surface area (Å²) in [6, 6.07) is 6.27. The van der Waals surface area contributed by atoms with E-state index in [-0.39, 0.29) is 6.04 Å². The van der Waals surface area contributed by atoms with E-state index in [1.807, 2.05) is 4.68 Å². The van der Waals surface area contributed by atoms with Crippen LogP contribution in [0.1, 0.15) is 35.3 Å². The molecule has 96 valence electrons. The van der Waals surface area contributed by atoms with Gasteiger partial charge in [0.25, 0.3) is 0 Å². The topological polar surface area (TPSA) is 43.8 Å². The summed E-state index contributed by atoms with van der Waals surface area (Å²) in [7, 11) is 0. The molecule has 1 aromatic carbocycles. The largest absolute Gasteiger partial charge is 0.319 e. The lowest BCUT2D eigenvalue weighted by Crippen LogP contribution is -2.18. The highest BCUT2D eigenvalue weighted by atomic mass is 79.9. The summed E-state index contributed by atoms with van der Waals surface area (Å²) in [5, 5.41) is 4.32. The average molecular weight is 308 g/mol. The lowest BCUT2D eigenvalue weighted by Gasteiger charge is -2.16. The van der Waals surface area contributed by atoms with Gasteiger partial charge in [0.05, 0.1) is 22.4 Å². The average Bonchev–Trinajstić information content (AvgIpc) is 2.68. The highest BCUT2D eigenvalue weighted by molar-refractivity contribution is 9.10. The van der Waals surface area contributed by atoms with Crippen molar-refractivity contribution in [3.05, 3.63) is 51.3 Å². The first kappa shape index (κ1) is 13.3. The number of nitrogens with two attached hydrogens (primary N) is 1. The third-order valence-electron chi connectivity index (χ3n) is 3.03. The minimum absolute atomic E-state index is 0.152. The maximum Gasteiger partial charge on any atom is 0.0738 e. The van der Waals surface area contributed by atoms with Crippen molar-refractivity contribution in [2.24, 2.45) is 5.73 Å². The summed E-state index contributed by atoms with van der Waals surface area (Å²) in [4.78, 5) is 0. The van der Waals surface area contributed by atoms with E-state index >= 15 is 0 Å². The first-order valence-electron chi connectivity index (χ1n) is 6.08. The van der Waals surface area contributed by atoms with Gasteiger partial charge in [0.2, 0.25) is 0 Å². The molecule has 2 N–H and O–H groups in total. The Hall–Kier alpha value is -1.13. The van der Waals surface area contributed by atoms with Crippen LogP contribution in [0, 0.1) is 13.8 Å². The molecular formula is C14H18BrN3. The van der Waals surface area contributed by atoms with Crippen molar-refractivity contribution in [1.29, 1.82) is 0 Å². The lowest BCUT2D eigenvalue weighted by molar-refractivity contribution is 0.599. The number of nitrogens with zero attached hydrogens (tertiary/aromatic N) is 2. The predicted octanol–water partition coefficient (Wildman–Crippen LogP) is 3.33. The molecule has 0 amide bonds. The van der Waals surface area contributed by atoms with E-state index < -0.39 is 0 Å². The Morgan fingerprint density at radius 1 is 1.28 bits per heavy atom. The highest BCUT2D eigenvalue weighted by Crippen LogP contribution is 2.27. The van der Waals surface area contributed by atoms with Gasteiger partial charge in [-0.1, -0.05) is 29.3 Å². The number of aromatic nitrogens is 2. The molecule has 2 rings (SSSR count). The quantitative estimate of drug-likeness (QED) is 0.945. The maximum absolute atomic E-state index is 6.38. The zero-order valence-electron chi connectivity index (χ0n) is 10.9. The standard InChI is InChI=1S/C14H18BrN3/c1-4-18-14(12(15)8-17-18)13(16)11-6-9(2)5-10(3)7-11/h5-8,13H,4,16H2,1-3H3. The second-order valence-corrected chi connectivity index (χ2v) is 5.45. The summed E-state index contributed by atoms with van der Waals surface area (Å²) >= 11 is 3.53. The van der Waals surface area contributed by atoms with Gasteiger partial charge in [-0.05, 0) is 42.3 Å². The number of aryl methyl sites for hydroxylation is 3. The van der Waals surface area contributed by atoms with Gasteiger partial charge in [-0.15, -0.1) is 0 Å². The maximum atomic E-state index is 6.38. The molecule has 1 heterocycles. The van der Waals surface area contributed by atoms with Crippen molar-refractivity contribution in [3.8, 4) is 0 Å². The summed E-state index contributed by atoms with van der Waals surface area (Å²) < 4.78 is 2.91. The SMILES string of the molecule is CCn1ncc(Br)c1C(N)c1cc(C)cc(C)c1. The molecule has 0 saturated carbocycles. The molecule has 0 aliphatic rings. The molecule has 0 bridgehead atoms. The van der Waals surface area contributed by atoms with Crippen molar-refractivity contribution in [2.45, 2.75) is 33.4 Å². The van der Waals surface area contributed by atoms with Gasteiger partial charge in [-0.3, -0.25) is 4.68 Å². The van der Waals surface area contributed by atoms with E-state index in [2.05, 4.69) is 60.0 Å². The van der Waals surface area contributed by atoms with Crippen LogP contribution in [-0.4, -0.2) is 9.78 Å². The van der Waals surface area contributed by atoms with Gasteiger partial charge in [-0.2, -0.15) is 5.10 Å². The molecule has 0 radical (unpaired) electrons. The molecule has 0 spiro atoms. The molecule has 0 saturated heterocycles. The minimum atomic E-state index is -0.152. The first-order chi connectivity index (χ1) is 8.52. The highest BCUT2D eigenvalue weighted by Gasteiger charge is 2.18. The van der Waals surface area contributed by atoms with Crippen LogP contribution in [0.3, 0.4) is 0 Å². The number of benzene rings is 1. The first-order valence-corrected chi connectivity index (χ1v) is 6.87. The Bertz CT molecular complexity index is 540. The summed E-state index contributed by atoms with van der Waals surface area (Å²) in [6.45, 7) is 7.07. The van der Waals surface area contributed by atoms with Gasteiger partial charge in [0.1, 0.15) is 0 Å². The van der Waals surface area contributed by atoms with Crippen LogP contribution in [0.25, 0.3) is 0 Å². The third-order valence-corrected chi connectivity index (χ3v) is 3.64. The molecule has 2 aromatic rings. The van der Waals surface area contributed by atoms with Crippen molar-refractivity contribution in [2.75, 3.05) is 0 Å². The van der Waals surface area contributed by atoms with E-state index in [0.717, 1.165) is 22.3 Å². The number of halogens is 1. The number of rotatable bonds is 3. The second kappa shape index (κ2) is 5.24. The number of hydrogen-bond acceptors (Lipinski definition) is 2. The Morgan fingerprint density at radius 3 is 2.44 bits per heavy atom. The zero-order valence-corrected chi connectivity index (χ0v) is 12.5. The van der Waals surface area contributed by atoms with Crippen molar-refractivity contribution in [3.63, 3.8) is 0 Å². The molecule has 0 aliphatic heterocycles. The predicted molar refractivity (Wildman–Crippen MR) is 77.5 cm³/mol. The molecule has 1 atom stereocenters. The lowest BCUT2D eigenvalue weighted by atomic mass is 10.00. The third kappa shape index (κ3) is 2.49. The van der Waals surface area contributed by atoms with Crippen LogP contribution in [0.2, 0.25) is 0 Å². The Labute approximate surface area is 116 Å². The Balaban J connectivity index is 2.47. The molecule has 1 unspecified atom stereocenters.